The van der Waals surface area contributed by atoms with Crippen LogP contribution in [0.1, 0.15) is 5.69 Å². The summed E-state index contributed by atoms with van der Waals surface area (Å²) in [7, 11) is 0. The third-order valence-electron chi connectivity index (χ3n) is 3.87. The van der Waals surface area contributed by atoms with Crippen LogP contribution >= 0.6 is 0 Å². The van der Waals surface area contributed by atoms with Crippen molar-refractivity contribution in [3.05, 3.63) is 43.4 Å². The molecule has 1 aliphatic heterocycles. The highest BCUT2D eigenvalue weighted by Crippen LogP contribution is 2.16. The van der Waals surface area contributed by atoms with Gasteiger partial charge in [-0.1, -0.05) is 12.2 Å². The van der Waals surface area contributed by atoms with E-state index in [9.17, 15) is 4.79 Å². The molecule has 1 aromatic heterocycles. The molecule has 1 saturated heterocycles. The lowest BCUT2D eigenvalue weighted by atomic mass is 10.2. The van der Waals surface area contributed by atoms with Crippen LogP contribution in [0.3, 0.4) is 0 Å². The standard InChI is InChI=1S/C17H22N6O/c1-3-7-22(8-4-2)16(24)14-21-9-11-23(12-10-21)17-15(13-18)19-5-6-20-17/h3-6H,1-2,7-12,14H2. The molecule has 1 aliphatic rings. The number of carbonyl (C=O) groups excluding carboxylic acids is 1. The number of piperazine rings is 1. The molecule has 0 bridgehead atoms. The summed E-state index contributed by atoms with van der Waals surface area (Å²) in [5.74, 6) is 0.686. The monoisotopic (exact) mass is 326 g/mol. The van der Waals surface area contributed by atoms with E-state index >= 15 is 0 Å². The quantitative estimate of drug-likeness (QED) is 0.686. The molecule has 2 heterocycles. The molecule has 1 fully saturated rings. The summed E-state index contributed by atoms with van der Waals surface area (Å²) >= 11 is 0. The Bertz CT molecular complexity index is 620. The minimum absolute atomic E-state index is 0.0699. The molecule has 126 valence electrons. The van der Waals surface area contributed by atoms with Gasteiger partial charge >= 0.3 is 0 Å². The first-order valence-electron chi connectivity index (χ1n) is 7.87. The Kier molecular flexibility index (Phi) is 6.46. The zero-order valence-electron chi connectivity index (χ0n) is 13.8. The number of amides is 1. The largest absolute Gasteiger partial charge is 0.352 e. The predicted octanol–water partition coefficient (Wildman–Crippen LogP) is 0.671. The smallest absolute Gasteiger partial charge is 0.237 e. The number of anilines is 1. The van der Waals surface area contributed by atoms with E-state index in [1.807, 2.05) is 4.90 Å². The van der Waals surface area contributed by atoms with Crippen LogP contribution in [0, 0.1) is 11.3 Å². The maximum Gasteiger partial charge on any atom is 0.237 e. The third kappa shape index (κ3) is 4.40. The highest BCUT2D eigenvalue weighted by atomic mass is 16.2. The lowest BCUT2D eigenvalue weighted by Crippen LogP contribution is -2.50. The zero-order valence-corrected chi connectivity index (χ0v) is 13.8. The van der Waals surface area contributed by atoms with Crippen LogP contribution in [0.2, 0.25) is 0 Å². The molecule has 0 N–H and O–H groups in total. The van der Waals surface area contributed by atoms with Gasteiger partial charge in [-0.2, -0.15) is 5.26 Å². The van der Waals surface area contributed by atoms with Crippen molar-refractivity contribution in [1.29, 1.82) is 5.26 Å². The lowest BCUT2D eigenvalue weighted by molar-refractivity contribution is -0.131. The molecular weight excluding hydrogens is 304 g/mol. The predicted molar refractivity (Wildman–Crippen MR) is 92.4 cm³/mol. The normalized spacial score (nSPS) is 14.7. The van der Waals surface area contributed by atoms with Crippen molar-refractivity contribution in [1.82, 2.24) is 19.8 Å². The molecule has 0 aromatic carbocycles. The van der Waals surface area contributed by atoms with Gasteiger partial charge in [0.1, 0.15) is 6.07 Å². The second-order valence-electron chi connectivity index (χ2n) is 5.48. The van der Waals surface area contributed by atoms with Crippen molar-refractivity contribution in [3.63, 3.8) is 0 Å². The molecule has 0 unspecified atom stereocenters. The SMILES string of the molecule is C=CCN(CC=C)C(=O)CN1CCN(c2nccnc2C#N)CC1. The Morgan fingerprint density at radius 3 is 2.42 bits per heavy atom. The molecule has 0 radical (unpaired) electrons. The number of rotatable bonds is 7. The van der Waals surface area contributed by atoms with E-state index in [4.69, 9.17) is 5.26 Å². The van der Waals surface area contributed by atoms with Gasteiger partial charge in [-0.25, -0.2) is 9.97 Å². The first kappa shape index (κ1) is 17.6. The Morgan fingerprint density at radius 1 is 1.21 bits per heavy atom. The fourth-order valence-electron chi connectivity index (χ4n) is 2.64. The van der Waals surface area contributed by atoms with E-state index in [0.717, 1.165) is 13.1 Å². The van der Waals surface area contributed by atoms with E-state index in [1.54, 1.807) is 23.2 Å². The lowest BCUT2D eigenvalue weighted by Gasteiger charge is -2.35. The number of nitrogens with zero attached hydrogens (tertiary/aromatic N) is 6. The zero-order chi connectivity index (χ0) is 17.4. The van der Waals surface area contributed by atoms with Crippen molar-refractivity contribution in [2.45, 2.75) is 0 Å². The molecule has 2 rings (SSSR count). The van der Waals surface area contributed by atoms with Gasteiger partial charge < -0.3 is 9.80 Å². The number of aromatic nitrogens is 2. The fourth-order valence-corrected chi connectivity index (χ4v) is 2.64. The van der Waals surface area contributed by atoms with Gasteiger partial charge in [0, 0.05) is 51.7 Å². The van der Waals surface area contributed by atoms with E-state index in [0.29, 0.717) is 44.2 Å². The minimum Gasteiger partial charge on any atom is -0.352 e. The molecule has 0 aliphatic carbocycles. The van der Waals surface area contributed by atoms with Crippen molar-refractivity contribution in [3.8, 4) is 6.07 Å². The van der Waals surface area contributed by atoms with Crippen molar-refractivity contribution in [2.75, 3.05) is 50.7 Å². The summed E-state index contributed by atoms with van der Waals surface area (Å²) in [4.78, 5) is 26.5. The molecule has 7 nitrogen and oxygen atoms in total. The Balaban J connectivity index is 1.90. The van der Waals surface area contributed by atoms with Crippen LogP contribution in [0.25, 0.3) is 0 Å². The van der Waals surface area contributed by atoms with Gasteiger partial charge in [0.15, 0.2) is 11.5 Å². The molecule has 0 spiro atoms. The first-order valence-corrected chi connectivity index (χ1v) is 7.87. The number of carbonyl (C=O) groups is 1. The Morgan fingerprint density at radius 2 is 1.83 bits per heavy atom. The van der Waals surface area contributed by atoms with Crippen LogP contribution in [-0.4, -0.2) is 71.5 Å². The van der Waals surface area contributed by atoms with Gasteiger partial charge in [0.05, 0.1) is 6.54 Å². The maximum atomic E-state index is 12.4. The van der Waals surface area contributed by atoms with Gasteiger partial charge in [-0.05, 0) is 0 Å². The topological polar surface area (TPSA) is 76.4 Å². The summed E-state index contributed by atoms with van der Waals surface area (Å²) in [5, 5.41) is 9.13. The van der Waals surface area contributed by atoms with Crippen LogP contribution < -0.4 is 4.90 Å². The Labute approximate surface area is 142 Å². The van der Waals surface area contributed by atoms with Gasteiger partial charge in [0.2, 0.25) is 5.91 Å². The van der Waals surface area contributed by atoms with Gasteiger partial charge in [0.25, 0.3) is 0 Å². The molecule has 0 atom stereocenters. The highest BCUT2D eigenvalue weighted by Gasteiger charge is 2.23. The first-order chi connectivity index (χ1) is 11.7. The molecule has 7 heteroatoms. The maximum absolute atomic E-state index is 12.4. The van der Waals surface area contributed by atoms with Gasteiger partial charge in [-0.3, -0.25) is 9.69 Å². The Hall–Kier alpha value is -2.72. The summed E-state index contributed by atoms with van der Waals surface area (Å²) in [6.07, 6.45) is 6.55. The molecule has 24 heavy (non-hydrogen) atoms. The van der Waals surface area contributed by atoms with Crippen LogP contribution in [0.4, 0.5) is 5.82 Å². The molecule has 0 saturated carbocycles. The summed E-state index contributed by atoms with van der Waals surface area (Å²) in [5.41, 5.74) is 0.338. The van der Waals surface area contributed by atoms with Crippen molar-refractivity contribution in [2.24, 2.45) is 0 Å². The summed E-state index contributed by atoms with van der Waals surface area (Å²) in [6, 6.07) is 2.07. The number of nitriles is 1. The second kappa shape index (κ2) is 8.79. The number of hydrogen-bond acceptors (Lipinski definition) is 6. The van der Waals surface area contributed by atoms with Crippen molar-refractivity contribution < 1.29 is 4.79 Å². The molecule has 1 amide bonds. The second-order valence-corrected chi connectivity index (χ2v) is 5.48. The minimum atomic E-state index is 0.0699. The van der Waals surface area contributed by atoms with Crippen LogP contribution in [0.15, 0.2) is 37.7 Å². The fraction of sp³-hybridized carbons (Fsp3) is 0.412. The average molecular weight is 326 g/mol. The van der Waals surface area contributed by atoms with Crippen LogP contribution in [-0.2, 0) is 4.79 Å². The third-order valence-corrected chi connectivity index (χ3v) is 3.87. The van der Waals surface area contributed by atoms with Crippen LogP contribution in [0.5, 0.6) is 0 Å². The van der Waals surface area contributed by atoms with E-state index in [-0.39, 0.29) is 5.91 Å². The highest BCUT2D eigenvalue weighted by molar-refractivity contribution is 5.78. The number of hydrogen-bond donors (Lipinski definition) is 0. The van der Waals surface area contributed by atoms with Crippen molar-refractivity contribution >= 4 is 11.7 Å². The molecule has 1 aromatic rings. The average Bonchev–Trinajstić information content (AvgIpc) is 2.62. The summed E-state index contributed by atoms with van der Waals surface area (Å²) < 4.78 is 0. The van der Waals surface area contributed by atoms with E-state index in [2.05, 4.69) is 34.1 Å². The molecular formula is C17H22N6O. The van der Waals surface area contributed by atoms with E-state index < -0.39 is 0 Å². The summed E-state index contributed by atoms with van der Waals surface area (Å²) in [6.45, 7) is 11.7. The van der Waals surface area contributed by atoms with E-state index in [1.165, 1.54) is 6.20 Å². The van der Waals surface area contributed by atoms with Gasteiger partial charge in [-0.15, -0.1) is 13.2 Å².